The minimum absolute atomic E-state index is 0.102. The van der Waals surface area contributed by atoms with Crippen molar-refractivity contribution >= 4 is 25.7 Å². The quantitative estimate of drug-likeness (QED) is 0.549. The summed E-state index contributed by atoms with van der Waals surface area (Å²) in [5.41, 5.74) is -0.424. The molecule has 0 aromatic carbocycles. The van der Waals surface area contributed by atoms with Crippen LogP contribution in [0.2, 0.25) is 0 Å². The molecule has 0 saturated heterocycles. The summed E-state index contributed by atoms with van der Waals surface area (Å²) in [4.78, 5) is 10.6. The molecular formula is C8H13ClO4S. The molecule has 0 aromatic rings. The van der Waals surface area contributed by atoms with Gasteiger partial charge in [0.1, 0.15) is 0 Å². The number of hydrogen-bond donors (Lipinski definition) is 0. The number of carbonyl (C=O) groups excluding carboxylic acids is 1. The monoisotopic (exact) mass is 240 g/mol. The van der Waals surface area contributed by atoms with Gasteiger partial charge in [0.15, 0.2) is 0 Å². The van der Waals surface area contributed by atoms with E-state index in [1.807, 2.05) is 0 Å². The van der Waals surface area contributed by atoms with Gasteiger partial charge in [-0.05, 0) is 12.8 Å². The first-order valence-corrected chi connectivity index (χ1v) is 6.87. The van der Waals surface area contributed by atoms with Crippen LogP contribution in [0.5, 0.6) is 0 Å². The molecule has 0 heterocycles. The van der Waals surface area contributed by atoms with Gasteiger partial charge in [-0.2, -0.15) is 0 Å². The first-order valence-electron chi connectivity index (χ1n) is 4.39. The van der Waals surface area contributed by atoms with Crippen LogP contribution in [0.15, 0.2) is 0 Å². The summed E-state index contributed by atoms with van der Waals surface area (Å²) < 4.78 is 26.7. The van der Waals surface area contributed by atoms with Crippen LogP contribution < -0.4 is 0 Å². The molecule has 82 valence electrons. The highest BCUT2D eigenvalue weighted by Gasteiger charge is 2.41. The zero-order chi connectivity index (χ0) is 10.8. The van der Waals surface area contributed by atoms with Crippen molar-refractivity contribution in [2.75, 3.05) is 12.4 Å². The lowest BCUT2D eigenvalue weighted by atomic mass is 9.71. The lowest BCUT2D eigenvalue weighted by Crippen LogP contribution is -2.40. The second-order valence-electron chi connectivity index (χ2n) is 3.82. The van der Waals surface area contributed by atoms with Crippen molar-refractivity contribution in [2.45, 2.75) is 26.2 Å². The average Bonchev–Trinajstić information content (AvgIpc) is 1.92. The molecule has 0 aromatic heterocycles. The van der Waals surface area contributed by atoms with Gasteiger partial charge in [-0.25, -0.2) is 8.42 Å². The fraction of sp³-hybridized carbons (Fsp3) is 0.875. The molecule has 0 atom stereocenters. The molecule has 14 heavy (non-hydrogen) atoms. The molecular weight excluding hydrogens is 228 g/mol. The van der Waals surface area contributed by atoms with Gasteiger partial charge in [-0.1, -0.05) is 6.42 Å². The van der Waals surface area contributed by atoms with E-state index in [9.17, 15) is 13.2 Å². The highest BCUT2D eigenvalue weighted by atomic mass is 35.7. The number of ether oxygens (including phenoxy) is 1. The Balaban J connectivity index is 2.54. The topological polar surface area (TPSA) is 60.4 Å². The summed E-state index contributed by atoms with van der Waals surface area (Å²) in [6.45, 7) is 1.47. The normalized spacial score (nSPS) is 19.9. The first kappa shape index (κ1) is 11.8. The summed E-state index contributed by atoms with van der Waals surface area (Å²) in [6, 6.07) is 0. The van der Waals surface area contributed by atoms with E-state index in [2.05, 4.69) is 0 Å². The fourth-order valence-electron chi connectivity index (χ4n) is 1.63. The Bertz CT molecular complexity index is 318. The van der Waals surface area contributed by atoms with E-state index in [-0.39, 0.29) is 18.3 Å². The molecule has 0 aliphatic heterocycles. The maximum Gasteiger partial charge on any atom is 0.302 e. The lowest BCUT2D eigenvalue weighted by Gasteiger charge is -2.39. The summed E-state index contributed by atoms with van der Waals surface area (Å²) in [5.74, 6) is -0.488. The molecule has 1 fully saturated rings. The van der Waals surface area contributed by atoms with Crippen LogP contribution >= 0.6 is 10.7 Å². The molecule has 1 aliphatic rings. The van der Waals surface area contributed by atoms with Crippen molar-refractivity contribution < 1.29 is 17.9 Å². The molecule has 0 unspecified atom stereocenters. The Morgan fingerprint density at radius 3 is 2.36 bits per heavy atom. The molecule has 0 bridgehead atoms. The summed E-state index contributed by atoms with van der Waals surface area (Å²) in [5, 5.41) is 0. The number of esters is 1. The van der Waals surface area contributed by atoms with Crippen LogP contribution in [0.3, 0.4) is 0 Å². The molecule has 1 rings (SSSR count). The van der Waals surface area contributed by atoms with E-state index >= 15 is 0 Å². The molecule has 0 spiro atoms. The number of halogens is 1. The van der Waals surface area contributed by atoms with Crippen LogP contribution in [0.25, 0.3) is 0 Å². The Kier molecular flexibility index (Phi) is 3.42. The highest BCUT2D eigenvalue weighted by Crippen LogP contribution is 2.42. The molecule has 0 radical (unpaired) electrons. The van der Waals surface area contributed by atoms with Gasteiger partial charge < -0.3 is 4.74 Å². The van der Waals surface area contributed by atoms with Gasteiger partial charge in [0.2, 0.25) is 9.05 Å². The smallest absolute Gasteiger partial charge is 0.302 e. The van der Waals surface area contributed by atoms with Crippen molar-refractivity contribution in [3.05, 3.63) is 0 Å². The maximum atomic E-state index is 10.9. The summed E-state index contributed by atoms with van der Waals surface area (Å²) in [6.07, 6.45) is 2.48. The van der Waals surface area contributed by atoms with E-state index in [0.717, 1.165) is 19.3 Å². The van der Waals surface area contributed by atoms with Gasteiger partial charge in [0.05, 0.1) is 12.4 Å². The predicted octanol–water partition coefficient (Wildman–Crippen LogP) is 1.29. The van der Waals surface area contributed by atoms with E-state index < -0.39 is 14.5 Å². The van der Waals surface area contributed by atoms with E-state index in [1.165, 1.54) is 6.92 Å². The molecule has 4 nitrogen and oxygen atoms in total. The third-order valence-corrected chi connectivity index (χ3v) is 3.76. The third-order valence-electron chi connectivity index (χ3n) is 2.47. The van der Waals surface area contributed by atoms with Gasteiger partial charge in [0.25, 0.3) is 0 Å². The molecule has 1 aliphatic carbocycles. The SMILES string of the molecule is CC(=O)OCC1(CS(=O)(=O)Cl)CCC1. The van der Waals surface area contributed by atoms with E-state index in [0.29, 0.717) is 0 Å². The van der Waals surface area contributed by atoms with Crippen LogP contribution in [-0.2, 0) is 18.6 Å². The highest BCUT2D eigenvalue weighted by molar-refractivity contribution is 8.13. The Morgan fingerprint density at radius 1 is 1.50 bits per heavy atom. The number of hydrogen-bond acceptors (Lipinski definition) is 4. The molecule has 0 N–H and O–H groups in total. The van der Waals surface area contributed by atoms with Gasteiger partial charge in [-0.3, -0.25) is 4.79 Å². The largest absolute Gasteiger partial charge is 0.465 e. The van der Waals surface area contributed by atoms with E-state index in [1.54, 1.807) is 0 Å². The minimum atomic E-state index is -3.51. The van der Waals surface area contributed by atoms with Crippen molar-refractivity contribution in [1.29, 1.82) is 0 Å². The second kappa shape index (κ2) is 4.06. The number of carbonyl (C=O) groups is 1. The lowest BCUT2D eigenvalue weighted by molar-refractivity contribution is -0.146. The van der Waals surface area contributed by atoms with Crippen LogP contribution in [0, 0.1) is 5.41 Å². The van der Waals surface area contributed by atoms with Crippen LogP contribution in [0.1, 0.15) is 26.2 Å². The van der Waals surface area contributed by atoms with E-state index in [4.69, 9.17) is 15.4 Å². The third kappa shape index (κ3) is 3.46. The van der Waals surface area contributed by atoms with Crippen molar-refractivity contribution in [1.82, 2.24) is 0 Å². The van der Waals surface area contributed by atoms with Gasteiger partial charge in [0, 0.05) is 23.0 Å². The first-order chi connectivity index (χ1) is 6.33. The number of rotatable bonds is 4. The van der Waals surface area contributed by atoms with Crippen molar-refractivity contribution in [2.24, 2.45) is 5.41 Å². The predicted molar refractivity (Wildman–Crippen MR) is 52.6 cm³/mol. The molecule has 0 amide bonds. The molecule has 1 saturated carbocycles. The Morgan fingerprint density at radius 2 is 2.07 bits per heavy atom. The maximum absolute atomic E-state index is 10.9. The minimum Gasteiger partial charge on any atom is -0.465 e. The Labute approximate surface area is 88.0 Å². The van der Waals surface area contributed by atoms with Crippen LogP contribution in [-0.4, -0.2) is 26.7 Å². The zero-order valence-electron chi connectivity index (χ0n) is 7.95. The molecule has 6 heteroatoms. The van der Waals surface area contributed by atoms with Gasteiger partial charge >= 0.3 is 5.97 Å². The van der Waals surface area contributed by atoms with Gasteiger partial charge in [-0.15, -0.1) is 0 Å². The summed E-state index contributed by atoms with van der Waals surface area (Å²) in [7, 11) is 1.67. The standard InChI is InChI=1S/C8H13ClO4S/c1-7(10)13-5-8(3-2-4-8)6-14(9,11)12/h2-6H2,1H3. The Hall–Kier alpha value is -0.290. The van der Waals surface area contributed by atoms with Crippen LogP contribution in [0.4, 0.5) is 0 Å². The van der Waals surface area contributed by atoms with Crippen molar-refractivity contribution in [3.8, 4) is 0 Å². The fourth-order valence-corrected chi connectivity index (χ4v) is 3.43. The van der Waals surface area contributed by atoms with Crippen molar-refractivity contribution in [3.63, 3.8) is 0 Å². The average molecular weight is 241 g/mol. The zero-order valence-corrected chi connectivity index (χ0v) is 9.53. The summed E-state index contributed by atoms with van der Waals surface area (Å²) >= 11 is 0. The second-order valence-corrected chi connectivity index (χ2v) is 6.59.